The largest absolute Gasteiger partial charge is 0.373 e. The summed E-state index contributed by atoms with van der Waals surface area (Å²) in [6, 6.07) is 1.92. The number of anilines is 1. The first-order valence-electron chi connectivity index (χ1n) is 4.90. The van der Waals surface area contributed by atoms with E-state index in [0.717, 1.165) is 18.1 Å². The lowest BCUT2D eigenvalue weighted by Gasteiger charge is -2.05. The van der Waals surface area contributed by atoms with Crippen LogP contribution in [0.3, 0.4) is 0 Å². The van der Waals surface area contributed by atoms with Gasteiger partial charge in [0.05, 0.1) is 12.2 Å². The smallest absolute Gasteiger partial charge is 0.129 e. The zero-order valence-corrected chi connectivity index (χ0v) is 9.23. The molecule has 80 valence electrons. The maximum atomic E-state index is 4.38. The number of aromatic nitrogens is 4. The van der Waals surface area contributed by atoms with Gasteiger partial charge in [0.2, 0.25) is 0 Å². The Morgan fingerprint density at radius 2 is 2.27 bits per heavy atom. The van der Waals surface area contributed by atoms with Crippen LogP contribution in [0.4, 0.5) is 5.82 Å². The SMILES string of the molecule is CNc1c(Cn2cccn2)c(C)nn1C. The summed E-state index contributed by atoms with van der Waals surface area (Å²) in [5, 5.41) is 11.7. The summed E-state index contributed by atoms with van der Waals surface area (Å²) in [5.74, 6) is 1.04. The standard InChI is InChI=1S/C10H15N5/c1-8-9(7-15-6-4-5-12-15)10(11-2)14(3)13-8/h4-6,11H,7H2,1-3H3. The molecule has 15 heavy (non-hydrogen) atoms. The van der Waals surface area contributed by atoms with E-state index < -0.39 is 0 Å². The normalized spacial score (nSPS) is 10.6. The molecule has 0 unspecified atom stereocenters. The summed E-state index contributed by atoms with van der Waals surface area (Å²) in [6.45, 7) is 2.77. The van der Waals surface area contributed by atoms with Gasteiger partial charge in [0.25, 0.3) is 0 Å². The van der Waals surface area contributed by atoms with Crippen molar-refractivity contribution in [3.63, 3.8) is 0 Å². The average molecular weight is 205 g/mol. The van der Waals surface area contributed by atoms with Crippen LogP contribution in [0.5, 0.6) is 0 Å². The molecule has 1 N–H and O–H groups in total. The second kappa shape index (κ2) is 3.76. The molecular weight excluding hydrogens is 190 g/mol. The Hall–Kier alpha value is -1.78. The molecular formula is C10H15N5. The van der Waals surface area contributed by atoms with Gasteiger partial charge in [0.15, 0.2) is 0 Å². The maximum Gasteiger partial charge on any atom is 0.129 e. The molecule has 0 aliphatic rings. The topological polar surface area (TPSA) is 47.7 Å². The van der Waals surface area contributed by atoms with E-state index in [2.05, 4.69) is 15.5 Å². The first-order valence-corrected chi connectivity index (χ1v) is 4.90. The van der Waals surface area contributed by atoms with Gasteiger partial charge in [-0.2, -0.15) is 10.2 Å². The van der Waals surface area contributed by atoms with Crippen molar-refractivity contribution in [3.8, 4) is 0 Å². The minimum absolute atomic E-state index is 0.753. The van der Waals surface area contributed by atoms with Crippen LogP contribution in [-0.4, -0.2) is 26.6 Å². The third kappa shape index (κ3) is 1.72. The lowest BCUT2D eigenvalue weighted by Crippen LogP contribution is -2.05. The van der Waals surface area contributed by atoms with E-state index in [9.17, 15) is 0 Å². The number of nitrogens with zero attached hydrogens (tertiary/aromatic N) is 4. The van der Waals surface area contributed by atoms with Gasteiger partial charge in [-0.15, -0.1) is 0 Å². The fourth-order valence-electron chi connectivity index (χ4n) is 1.76. The van der Waals surface area contributed by atoms with Gasteiger partial charge >= 0.3 is 0 Å². The zero-order chi connectivity index (χ0) is 10.8. The molecule has 0 aromatic carbocycles. The molecule has 0 spiro atoms. The number of rotatable bonds is 3. The monoisotopic (exact) mass is 205 g/mol. The van der Waals surface area contributed by atoms with Gasteiger partial charge in [-0.3, -0.25) is 9.36 Å². The molecule has 2 aromatic heterocycles. The fraction of sp³-hybridized carbons (Fsp3) is 0.400. The molecule has 2 heterocycles. The van der Waals surface area contributed by atoms with Crippen molar-refractivity contribution in [1.29, 1.82) is 0 Å². The number of hydrogen-bond acceptors (Lipinski definition) is 3. The molecule has 0 bridgehead atoms. The van der Waals surface area contributed by atoms with E-state index in [-0.39, 0.29) is 0 Å². The predicted octanol–water partition coefficient (Wildman–Crippen LogP) is 1.02. The van der Waals surface area contributed by atoms with Gasteiger partial charge in [-0.1, -0.05) is 0 Å². The Balaban J connectivity index is 2.35. The first-order chi connectivity index (χ1) is 7.22. The van der Waals surface area contributed by atoms with Gasteiger partial charge in [0, 0.05) is 32.1 Å². The van der Waals surface area contributed by atoms with Crippen molar-refractivity contribution in [3.05, 3.63) is 29.7 Å². The second-order valence-electron chi connectivity index (χ2n) is 3.49. The highest BCUT2D eigenvalue weighted by Crippen LogP contribution is 2.18. The Bertz CT molecular complexity index is 441. The summed E-state index contributed by atoms with van der Waals surface area (Å²) in [6.07, 6.45) is 3.73. The van der Waals surface area contributed by atoms with Crippen LogP contribution in [0.1, 0.15) is 11.3 Å². The highest BCUT2D eigenvalue weighted by molar-refractivity contribution is 5.46. The third-order valence-corrected chi connectivity index (χ3v) is 2.46. The first kappa shape index (κ1) is 9.76. The van der Waals surface area contributed by atoms with Crippen LogP contribution in [0.25, 0.3) is 0 Å². The highest BCUT2D eigenvalue weighted by Gasteiger charge is 2.11. The van der Waals surface area contributed by atoms with Crippen LogP contribution in [0.15, 0.2) is 18.5 Å². The molecule has 0 atom stereocenters. The summed E-state index contributed by atoms with van der Waals surface area (Å²) < 4.78 is 3.75. The average Bonchev–Trinajstić information content (AvgIpc) is 2.77. The molecule has 0 saturated carbocycles. The summed E-state index contributed by atoms with van der Waals surface area (Å²) in [4.78, 5) is 0. The van der Waals surface area contributed by atoms with Gasteiger partial charge < -0.3 is 5.32 Å². The third-order valence-electron chi connectivity index (χ3n) is 2.46. The summed E-state index contributed by atoms with van der Waals surface area (Å²) >= 11 is 0. The minimum Gasteiger partial charge on any atom is -0.373 e. The van der Waals surface area contributed by atoms with Crippen LogP contribution in [-0.2, 0) is 13.6 Å². The van der Waals surface area contributed by atoms with Crippen molar-refractivity contribution < 1.29 is 0 Å². The molecule has 5 nitrogen and oxygen atoms in total. The maximum absolute atomic E-state index is 4.38. The van der Waals surface area contributed by atoms with Crippen molar-refractivity contribution >= 4 is 5.82 Å². The van der Waals surface area contributed by atoms with Gasteiger partial charge in [-0.25, -0.2) is 0 Å². The zero-order valence-electron chi connectivity index (χ0n) is 9.23. The quantitative estimate of drug-likeness (QED) is 0.813. The van der Waals surface area contributed by atoms with Crippen molar-refractivity contribution in [2.24, 2.45) is 7.05 Å². The van der Waals surface area contributed by atoms with E-state index in [1.54, 1.807) is 6.20 Å². The van der Waals surface area contributed by atoms with Gasteiger partial charge in [-0.05, 0) is 13.0 Å². The number of nitrogens with one attached hydrogen (secondary N) is 1. The van der Waals surface area contributed by atoms with Gasteiger partial charge in [0.1, 0.15) is 5.82 Å². The molecule has 0 fully saturated rings. The summed E-state index contributed by atoms with van der Waals surface area (Å²) in [5.41, 5.74) is 2.22. The Morgan fingerprint density at radius 3 is 2.87 bits per heavy atom. The lowest BCUT2D eigenvalue weighted by molar-refractivity contribution is 0.685. The Labute approximate surface area is 88.7 Å². The van der Waals surface area contributed by atoms with Crippen molar-refractivity contribution in [2.75, 3.05) is 12.4 Å². The van der Waals surface area contributed by atoms with Crippen molar-refractivity contribution in [1.82, 2.24) is 19.6 Å². The van der Waals surface area contributed by atoms with Crippen LogP contribution in [0.2, 0.25) is 0 Å². The Kier molecular flexibility index (Phi) is 2.45. The van der Waals surface area contributed by atoms with Crippen LogP contribution < -0.4 is 5.32 Å². The molecule has 0 amide bonds. The molecule has 2 aromatic rings. The molecule has 0 aliphatic carbocycles. The molecule has 5 heteroatoms. The minimum atomic E-state index is 0.753. The predicted molar refractivity (Wildman–Crippen MR) is 58.8 cm³/mol. The Morgan fingerprint density at radius 1 is 1.47 bits per heavy atom. The number of aryl methyl sites for hydroxylation is 2. The summed E-state index contributed by atoms with van der Waals surface area (Å²) in [7, 11) is 3.84. The van der Waals surface area contributed by atoms with Crippen LogP contribution in [0, 0.1) is 6.92 Å². The molecule has 0 saturated heterocycles. The molecule has 0 radical (unpaired) electrons. The van der Waals surface area contributed by atoms with E-state index >= 15 is 0 Å². The molecule has 2 rings (SSSR count). The van der Waals surface area contributed by atoms with E-state index in [4.69, 9.17) is 0 Å². The van der Waals surface area contributed by atoms with Crippen LogP contribution >= 0.6 is 0 Å². The van der Waals surface area contributed by atoms with E-state index in [1.165, 1.54) is 5.56 Å². The lowest BCUT2D eigenvalue weighted by atomic mass is 10.2. The second-order valence-corrected chi connectivity index (χ2v) is 3.49. The molecule has 0 aliphatic heterocycles. The van der Waals surface area contributed by atoms with Crippen molar-refractivity contribution in [2.45, 2.75) is 13.5 Å². The number of hydrogen-bond donors (Lipinski definition) is 1. The highest BCUT2D eigenvalue weighted by atomic mass is 15.3. The van der Waals surface area contributed by atoms with E-state index in [0.29, 0.717) is 0 Å². The van der Waals surface area contributed by atoms with E-state index in [1.807, 2.05) is 42.6 Å². The fourth-order valence-corrected chi connectivity index (χ4v) is 1.76.